The summed E-state index contributed by atoms with van der Waals surface area (Å²) in [6.45, 7) is 1.92. The molecule has 0 aliphatic heterocycles. The van der Waals surface area contributed by atoms with Crippen LogP contribution in [0.3, 0.4) is 0 Å². The van der Waals surface area contributed by atoms with Gasteiger partial charge in [0, 0.05) is 31.7 Å². The lowest BCUT2D eigenvalue weighted by atomic mass is 9.92. The van der Waals surface area contributed by atoms with Crippen LogP contribution in [0.2, 0.25) is 5.02 Å². The summed E-state index contributed by atoms with van der Waals surface area (Å²) in [5.41, 5.74) is 0.853. The molecule has 3 heterocycles. The predicted octanol–water partition coefficient (Wildman–Crippen LogP) is 2.41. The van der Waals surface area contributed by atoms with Gasteiger partial charge in [0.2, 0.25) is 0 Å². The molecule has 8 nitrogen and oxygen atoms in total. The number of pyridine rings is 1. The second-order valence-corrected chi connectivity index (χ2v) is 7.56. The quantitative estimate of drug-likeness (QED) is 0.626. The predicted molar refractivity (Wildman–Crippen MR) is 105 cm³/mol. The van der Waals surface area contributed by atoms with E-state index in [0.717, 1.165) is 18.4 Å². The molecule has 0 amide bonds. The van der Waals surface area contributed by atoms with E-state index < -0.39 is 11.1 Å². The SMILES string of the molecule is Cc1cnc(OC2CCC(n3c(=O)c(=O)n(C)c4cc(Cl)cnc43)CC2)nc1. The second kappa shape index (κ2) is 7.35. The molecule has 0 aromatic carbocycles. The third-order valence-electron chi connectivity index (χ3n) is 5.15. The minimum Gasteiger partial charge on any atom is -0.460 e. The van der Waals surface area contributed by atoms with E-state index in [9.17, 15) is 9.59 Å². The van der Waals surface area contributed by atoms with Gasteiger partial charge < -0.3 is 9.30 Å². The highest BCUT2D eigenvalue weighted by atomic mass is 35.5. The van der Waals surface area contributed by atoms with Crippen molar-refractivity contribution in [3.8, 4) is 6.01 Å². The maximum atomic E-state index is 12.7. The second-order valence-electron chi connectivity index (χ2n) is 7.13. The number of hydrogen-bond donors (Lipinski definition) is 0. The first-order valence-electron chi connectivity index (χ1n) is 9.16. The Bertz CT molecular complexity index is 1130. The summed E-state index contributed by atoms with van der Waals surface area (Å²) in [6.07, 6.45) is 7.78. The van der Waals surface area contributed by atoms with Crippen LogP contribution in [-0.2, 0) is 7.05 Å². The molecular formula is C19H20ClN5O3. The lowest BCUT2D eigenvalue weighted by molar-refractivity contribution is 0.122. The number of rotatable bonds is 3. The highest BCUT2D eigenvalue weighted by Gasteiger charge is 2.27. The van der Waals surface area contributed by atoms with Crippen molar-refractivity contribution in [2.45, 2.75) is 44.8 Å². The maximum absolute atomic E-state index is 12.7. The van der Waals surface area contributed by atoms with Gasteiger partial charge in [-0.25, -0.2) is 15.0 Å². The van der Waals surface area contributed by atoms with Crippen LogP contribution >= 0.6 is 11.6 Å². The highest BCUT2D eigenvalue weighted by Crippen LogP contribution is 2.31. The summed E-state index contributed by atoms with van der Waals surface area (Å²) in [6, 6.07) is 1.91. The zero-order valence-electron chi connectivity index (χ0n) is 15.6. The summed E-state index contributed by atoms with van der Waals surface area (Å²) in [5, 5.41) is 0.419. The van der Waals surface area contributed by atoms with E-state index in [2.05, 4.69) is 15.0 Å². The zero-order valence-corrected chi connectivity index (χ0v) is 16.4. The smallest absolute Gasteiger partial charge is 0.318 e. The Morgan fingerprint density at radius 2 is 1.71 bits per heavy atom. The Kier molecular flexibility index (Phi) is 4.89. The molecule has 4 rings (SSSR count). The van der Waals surface area contributed by atoms with Gasteiger partial charge in [0.25, 0.3) is 0 Å². The Morgan fingerprint density at radius 3 is 2.39 bits per heavy atom. The van der Waals surface area contributed by atoms with Gasteiger partial charge in [0.1, 0.15) is 6.10 Å². The summed E-state index contributed by atoms with van der Waals surface area (Å²) < 4.78 is 8.68. The molecule has 28 heavy (non-hydrogen) atoms. The van der Waals surface area contributed by atoms with Crippen molar-refractivity contribution in [3.63, 3.8) is 0 Å². The Labute approximate surface area is 165 Å². The molecule has 0 N–H and O–H groups in total. The van der Waals surface area contributed by atoms with Crippen LogP contribution in [0.5, 0.6) is 6.01 Å². The highest BCUT2D eigenvalue weighted by molar-refractivity contribution is 6.31. The first-order valence-corrected chi connectivity index (χ1v) is 9.54. The molecule has 0 unspecified atom stereocenters. The van der Waals surface area contributed by atoms with E-state index in [-0.39, 0.29) is 12.1 Å². The Morgan fingerprint density at radius 1 is 1.04 bits per heavy atom. The van der Waals surface area contributed by atoms with Crippen LogP contribution in [0.15, 0.2) is 34.2 Å². The van der Waals surface area contributed by atoms with Gasteiger partial charge in [-0.3, -0.25) is 14.2 Å². The lowest BCUT2D eigenvalue weighted by Gasteiger charge is -2.30. The molecule has 0 saturated heterocycles. The van der Waals surface area contributed by atoms with Crippen LogP contribution in [-0.4, -0.2) is 30.2 Å². The number of nitrogens with zero attached hydrogens (tertiary/aromatic N) is 5. The number of hydrogen-bond acceptors (Lipinski definition) is 6. The number of aryl methyl sites for hydroxylation is 2. The molecule has 3 aromatic rings. The molecule has 0 atom stereocenters. The maximum Gasteiger partial charge on any atom is 0.318 e. The van der Waals surface area contributed by atoms with E-state index in [1.807, 2.05) is 6.92 Å². The third-order valence-corrected chi connectivity index (χ3v) is 5.35. The molecule has 0 bridgehead atoms. The van der Waals surface area contributed by atoms with Crippen molar-refractivity contribution in [3.05, 3.63) is 56.0 Å². The average Bonchev–Trinajstić information content (AvgIpc) is 2.70. The fraction of sp³-hybridized carbons (Fsp3) is 0.421. The molecule has 1 fully saturated rings. The molecule has 1 aliphatic carbocycles. The van der Waals surface area contributed by atoms with Crippen LogP contribution in [0, 0.1) is 6.92 Å². The van der Waals surface area contributed by atoms with Gasteiger partial charge in [0.15, 0.2) is 5.65 Å². The van der Waals surface area contributed by atoms with Crippen molar-refractivity contribution in [1.82, 2.24) is 24.1 Å². The van der Waals surface area contributed by atoms with E-state index in [1.165, 1.54) is 15.3 Å². The van der Waals surface area contributed by atoms with E-state index in [1.54, 1.807) is 25.5 Å². The molecule has 0 radical (unpaired) electrons. The Balaban J connectivity index is 1.59. The summed E-state index contributed by atoms with van der Waals surface area (Å²) in [5.74, 6) is 0. The van der Waals surface area contributed by atoms with Gasteiger partial charge in [0.05, 0.1) is 10.5 Å². The fourth-order valence-electron chi connectivity index (χ4n) is 3.66. The van der Waals surface area contributed by atoms with Gasteiger partial charge in [-0.2, -0.15) is 0 Å². The zero-order chi connectivity index (χ0) is 19.8. The van der Waals surface area contributed by atoms with Crippen LogP contribution in [0.1, 0.15) is 37.3 Å². The molecule has 0 spiro atoms. The standard InChI is InChI=1S/C19H20ClN5O3/c1-11-8-22-19(23-9-11)28-14-5-3-13(4-6-14)25-16-15(7-12(20)10-21-16)24(2)17(26)18(25)27/h7-10,13-14H,3-6H2,1-2H3. The largest absolute Gasteiger partial charge is 0.460 e. The van der Waals surface area contributed by atoms with Crippen LogP contribution < -0.4 is 15.9 Å². The summed E-state index contributed by atoms with van der Waals surface area (Å²) >= 11 is 6.03. The third kappa shape index (κ3) is 3.40. The normalized spacial score (nSPS) is 19.7. The molecule has 9 heteroatoms. The fourth-order valence-corrected chi connectivity index (χ4v) is 3.81. The molecular weight excluding hydrogens is 382 g/mol. The average molecular weight is 402 g/mol. The van der Waals surface area contributed by atoms with Crippen molar-refractivity contribution < 1.29 is 4.74 Å². The van der Waals surface area contributed by atoms with Crippen LogP contribution in [0.25, 0.3) is 11.2 Å². The summed E-state index contributed by atoms with van der Waals surface area (Å²) in [7, 11) is 1.56. The number of aromatic nitrogens is 5. The van der Waals surface area contributed by atoms with E-state index in [0.29, 0.717) is 35.0 Å². The Hall–Kier alpha value is -2.74. The van der Waals surface area contributed by atoms with Crippen molar-refractivity contribution >= 4 is 22.8 Å². The molecule has 1 saturated carbocycles. The number of ether oxygens (including phenoxy) is 1. The van der Waals surface area contributed by atoms with Gasteiger partial charge in [-0.05, 0) is 44.2 Å². The minimum atomic E-state index is -0.581. The van der Waals surface area contributed by atoms with E-state index >= 15 is 0 Å². The topological polar surface area (TPSA) is 91.9 Å². The van der Waals surface area contributed by atoms with Gasteiger partial charge in [-0.15, -0.1) is 0 Å². The number of fused-ring (bicyclic) bond motifs is 1. The van der Waals surface area contributed by atoms with Crippen molar-refractivity contribution in [1.29, 1.82) is 0 Å². The van der Waals surface area contributed by atoms with Crippen molar-refractivity contribution in [2.75, 3.05) is 0 Å². The van der Waals surface area contributed by atoms with Gasteiger partial charge >= 0.3 is 17.1 Å². The lowest BCUT2D eigenvalue weighted by Crippen LogP contribution is -2.43. The first-order chi connectivity index (χ1) is 13.4. The van der Waals surface area contributed by atoms with Crippen LogP contribution in [0.4, 0.5) is 0 Å². The number of halogens is 1. The molecule has 146 valence electrons. The molecule has 3 aromatic heterocycles. The van der Waals surface area contributed by atoms with E-state index in [4.69, 9.17) is 16.3 Å². The van der Waals surface area contributed by atoms with Crippen molar-refractivity contribution in [2.24, 2.45) is 7.05 Å². The first kappa shape index (κ1) is 18.6. The summed E-state index contributed by atoms with van der Waals surface area (Å²) in [4.78, 5) is 37.8. The minimum absolute atomic E-state index is 0.0186. The molecule has 1 aliphatic rings. The van der Waals surface area contributed by atoms with Gasteiger partial charge in [-0.1, -0.05) is 11.6 Å². The monoisotopic (exact) mass is 401 g/mol.